The zero-order valence-corrected chi connectivity index (χ0v) is 15.6. The molecule has 0 aliphatic carbocycles. The Kier molecular flexibility index (Phi) is 9.46. The molecule has 1 unspecified atom stereocenters. The Hall–Kier alpha value is -1.55. The van der Waals surface area contributed by atoms with Gasteiger partial charge in [0.15, 0.2) is 0 Å². The van der Waals surface area contributed by atoms with Crippen LogP contribution in [0.15, 0.2) is 24.3 Å². The van der Waals surface area contributed by atoms with Gasteiger partial charge in [0.1, 0.15) is 0 Å². The molecule has 24 heavy (non-hydrogen) atoms. The van der Waals surface area contributed by atoms with Gasteiger partial charge in [-0.2, -0.15) is 0 Å². The molecule has 0 aliphatic rings. The van der Waals surface area contributed by atoms with Crippen molar-refractivity contribution in [2.45, 2.75) is 46.5 Å². The van der Waals surface area contributed by atoms with Gasteiger partial charge >= 0.3 is 5.97 Å². The van der Waals surface area contributed by atoms with Crippen LogP contribution in [-0.2, 0) is 20.7 Å². The van der Waals surface area contributed by atoms with Crippen molar-refractivity contribution in [3.63, 3.8) is 0 Å². The van der Waals surface area contributed by atoms with Crippen molar-refractivity contribution in [3.8, 4) is 0 Å². The molecular weight excluding hydrogens is 326 g/mol. The number of aryl methyl sites for hydroxylation is 1. The lowest BCUT2D eigenvalue weighted by atomic mass is 9.92. The molecule has 1 aromatic rings. The zero-order valence-electron chi connectivity index (χ0n) is 14.8. The van der Waals surface area contributed by atoms with E-state index in [1.54, 1.807) is 6.92 Å². The number of ether oxygens (including phenoxy) is 1. The van der Waals surface area contributed by atoms with Crippen molar-refractivity contribution in [3.05, 3.63) is 34.9 Å². The highest BCUT2D eigenvalue weighted by Crippen LogP contribution is 2.17. The predicted octanol–water partition coefficient (Wildman–Crippen LogP) is 4.00. The van der Waals surface area contributed by atoms with Gasteiger partial charge in [0.05, 0.1) is 12.5 Å². The van der Waals surface area contributed by atoms with Crippen LogP contribution >= 0.6 is 11.6 Å². The highest BCUT2D eigenvalue weighted by atomic mass is 35.5. The average Bonchev–Trinajstić information content (AvgIpc) is 2.54. The lowest BCUT2D eigenvalue weighted by Crippen LogP contribution is -2.32. The predicted molar refractivity (Wildman–Crippen MR) is 97.0 cm³/mol. The van der Waals surface area contributed by atoms with Gasteiger partial charge in [-0.05, 0) is 49.8 Å². The second kappa shape index (κ2) is 11.1. The summed E-state index contributed by atoms with van der Waals surface area (Å²) in [6.45, 7) is 6.60. The van der Waals surface area contributed by atoms with E-state index in [4.69, 9.17) is 16.3 Å². The smallest absolute Gasteiger partial charge is 0.309 e. The van der Waals surface area contributed by atoms with E-state index < -0.39 is 0 Å². The summed E-state index contributed by atoms with van der Waals surface area (Å²) in [6, 6.07) is 7.82. The number of amides is 1. The third-order valence-corrected chi connectivity index (χ3v) is 4.18. The van der Waals surface area contributed by atoms with Crippen molar-refractivity contribution >= 4 is 23.5 Å². The van der Waals surface area contributed by atoms with Crippen LogP contribution in [0.2, 0.25) is 5.02 Å². The molecule has 1 aromatic carbocycles. The second-order valence-electron chi connectivity index (χ2n) is 6.24. The van der Waals surface area contributed by atoms with E-state index in [1.165, 1.54) is 5.56 Å². The van der Waals surface area contributed by atoms with Crippen molar-refractivity contribution in [1.82, 2.24) is 5.32 Å². The first-order valence-electron chi connectivity index (χ1n) is 8.61. The number of hydrogen-bond acceptors (Lipinski definition) is 3. The van der Waals surface area contributed by atoms with Crippen molar-refractivity contribution in [2.75, 3.05) is 13.2 Å². The lowest BCUT2D eigenvalue weighted by molar-refractivity contribution is -0.151. The molecule has 1 N–H and O–H groups in total. The summed E-state index contributed by atoms with van der Waals surface area (Å²) in [4.78, 5) is 23.9. The maximum absolute atomic E-state index is 12.0. The van der Waals surface area contributed by atoms with Crippen LogP contribution in [0, 0.1) is 11.8 Å². The number of hydrogen-bond donors (Lipinski definition) is 1. The summed E-state index contributed by atoms with van der Waals surface area (Å²) in [7, 11) is 0. The van der Waals surface area contributed by atoms with Gasteiger partial charge in [0.2, 0.25) is 5.91 Å². The number of esters is 1. The monoisotopic (exact) mass is 353 g/mol. The third-order valence-electron chi connectivity index (χ3n) is 3.93. The number of unbranched alkanes of at least 4 members (excludes halogenated alkanes) is 1. The van der Waals surface area contributed by atoms with Gasteiger partial charge in [-0.3, -0.25) is 9.59 Å². The Morgan fingerprint density at radius 3 is 2.42 bits per heavy atom. The maximum atomic E-state index is 12.0. The summed E-state index contributed by atoms with van der Waals surface area (Å²) in [5.74, 6) is -0.669. The van der Waals surface area contributed by atoms with E-state index in [0.29, 0.717) is 13.2 Å². The number of halogens is 1. The zero-order chi connectivity index (χ0) is 17.9. The molecule has 1 rings (SSSR count). The number of carbonyl (C=O) groups excluding carboxylic acids is 2. The van der Waals surface area contributed by atoms with E-state index in [-0.39, 0.29) is 30.1 Å². The second-order valence-corrected chi connectivity index (χ2v) is 6.68. The van der Waals surface area contributed by atoms with Crippen LogP contribution in [0.25, 0.3) is 0 Å². The van der Waals surface area contributed by atoms with Crippen LogP contribution in [0.4, 0.5) is 0 Å². The number of carbonyl (C=O) groups is 2. The minimum atomic E-state index is -0.376. The Labute approximate surface area is 149 Å². The van der Waals surface area contributed by atoms with Crippen LogP contribution < -0.4 is 5.32 Å². The van der Waals surface area contributed by atoms with Crippen LogP contribution in [0.3, 0.4) is 0 Å². The van der Waals surface area contributed by atoms with Gasteiger partial charge in [-0.25, -0.2) is 0 Å². The quantitative estimate of drug-likeness (QED) is 0.511. The van der Waals surface area contributed by atoms with Crippen molar-refractivity contribution in [2.24, 2.45) is 11.8 Å². The van der Waals surface area contributed by atoms with E-state index in [0.717, 1.165) is 24.3 Å². The summed E-state index contributed by atoms with van der Waals surface area (Å²) in [5.41, 5.74) is 1.24. The normalized spacial score (nSPS) is 12.0. The molecule has 1 amide bonds. The van der Waals surface area contributed by atoms with Crippen LogP contribution in [-0.4, -0.2) is 25.0 Å². The van der Waals surface area contributed by atoms with Gasteiger partial charge in [0, 0.05) is 18.0 Å². The van der Waals surface area contributed by atoms with Crippen LogP contribution in [0.5, 0.6) is 0 Å². The molecule has 0 fully saturated rings. The summed E-state index contributed by atoms with van der Waals surface area (Å²) in [5, 5.41) is 3.64. The van der Waals surface area contributed by atoms with Gasteiger partial charge in [0.25, 0.3) is 0 Å². The minimum absolute atomic E-state index is 0.0831. The maximum Gasteiger partial charge on any atom is 0.309 e. The Bertz CT molecular complexity index is 514. The Morgan fingerprint density at radius 1 is 1.17 bits per heavy atom. The van der Waals surface area contributed by atoms with Crippen molar-refractivity contribution in [1.29, 1.82) is 0 Å². The first kappa shape index (κ1) is 20.5. The van der Waals surface area contributed by atoms with E-state index in [9.17, 15) is 9.59 Å². The van der Waals surface area contributed by atoms with Gasteiger partial charge in [-0.1, -0.05) is 37.6 Å². The fourth-order valence-electron chi connectivity index (χ4n) is 2.45. The standard InChI is InChI=1S/C19H28ClNO3/c1-4-24-19(23)17(14(2)3)13-18(22)21-12-6-5-7-15-8-10-16(20)11-9-15/h8-11,14,17H,4-7,12-13H2,1-3H3,(H,21,22). The first-order valence-corrected chi connectivity index (χ1v) is 8.99. The topological polar surface area (TPSA) is 55.4 Å². The van der Waals surface area contributed by atoms with E-state index in [2.05, 4.69) is 5.32 Å². The molecule has 134 valence electrons. The molecule has 5 heteroatoms. The Morgan fingerprint density at radius 2 is 1.83 bits per heavy atom. The third kappa shape index (κ3) is 7.82. The molecule has 0 saturated heterocycles. The van der Waals surface area contributed by atoms with E-state index >= 15 is 0 Å². The number of rotatable bonds is 10. The first-order chi connectivity index (χ1) is 11.4. The number of benzene rings is 1. The molecule has 0 bridgehead atoms. The van der Waals surface area contributed by atoms with E-state index in [1.807, 2.05) is 38.1 Å². The fourth-order valence-corrected chi connectivity index (χ4v) is 2.57. The SMILES string of the molecule is CCOC(=O)C(CC(=O)NCCCCc1ccc(Cl)cc1)C(C)C. The van der Waals surface area contributed by atoms with Crippen LogP contribution in [0.1, 0.15) is 45.6 Å². The largest absolute Gasteiger partial charge is 0.466 e. The molecule has 0 saturated carbocycles. The molecule has 0 aromatic heterocycles. The molecular formula is C19H28ClNO3. The molecule has 0 heterocycles. The minimum Gasteiger partial charge on any atom is -0.466 e. The summed E-state index contributed by atoms with van der Waals surface area (Å²) >= 11 is 5.86. The average molecular weight is 354 g/mol. The highest BCUT2D eigenvalue weighted by molar-refractivity contribution is 6.30. The Balaban J connectivity index is 2.24. The molecule has 0 aliphatic heterocycles. The molecule has 0 radical (unpaired) electrons. The highest BCUT2D eigenvalue weighted by Gasteiger charge is 2.26. The van der Waals surface area contributed by atoms with Crippen molar-refractivity contribution < 1.29 is 14.3 Å². The molecule has 1 atom stereocenters. The lowest BCUT2D eigenvalue weighted by Gasteiger charge is -2.18. The van der Waals surface area contributed by atoms with Gasteiger partial charge in [-0.15, -0.1) is 0 Å². The number of nitrogens with one attached hydrogen (secondary N) is 1. The fraction of sp³-hybridized carbons (Fsp3) is 0.579. The molecule has 0 spiro atoms. The van der Waals surface area contributed by atoms with Gasteiger partial charge < -0.3 is 10.1 Å². The summed E-state index contributed by atoms with van der Waals surface area (Å²) < 4.78 is 5.04. The summed E-state index contributed by atoms with van der Waals surface area (Å²) in [6.07, 6.45) is 3.05. The molecule has 4 nitrogen and oxygen atoms in total.